The van der Waals surface area contributed by atoms with Gasteiger partial charge in [0.25, 0.3) is 5.91 Å². The third-order valence-corrected chi connectivity index (χ3v) is 4.94. The van der Waals surface area contributed by atoms with Crippen LogP contribution in [0.15, 0.2) is 60.8 Å². The summed E-state index contributed by atoms with van der Waals surface area (Å²) in [6, 6.07) is 17.3. The van der Waals surface area contributed by atoms with Crippen LogP contribution in [0.2, 0.25) is 0 Å². The Labute approximate surface area is 163 Å². The van der Waals surface area contributed by atoms with Crippen molar-refractivity contribution >= 4 is 17.6 Å². The Bertz CT molecular complexity index is 990. The predicted molar refractivity (Wildman–Crippen MR) is 107 cm³/mol. The van der Waals surface area contributed by atoms with E-state index in [1.165, 1.54) is 5.56 Å². The summed E-state index contributed by atoms with van der Waals surface area (Å²) >= 11 is 0. The average Bonchev–Trinajstić information content (AvgIpc) is 3.19. The number of aryl methyl sites for hydroxylation is 2. The van der Waals surface area contributed by atoms with Crippen LogP contribution >= 0.6 is 0 Å². The maximum atomic E-state index is 12.4. The van der Waals surface area contributed by atoms with E-state index in [0.717, 1.165) is 16.9 Å². The van der Waals surface area contributed by atoms with Crippen molar-refractivity contribution in [3.63, 3.8) is 0 Å². The lowest BCUT2D eigenvalue weighted by atomic mass is 10.1. The first kappa shape index (κ1) is 18.0. The van der Waals surface area contributed by atoms with Gasteiger partial charge in [0.05, 0.1) is 19.3 Å². The molecule has 1 aliphatic rings. The lowest BCUT2D eigenvalue weighted by molar-refractivity contribution is -0.119. The second kappa shape index (κ2) is 7.68. The highest BCUT2D eigenvalue weighted by molar-refractivity contribution is 5.95. The third-order valence-electron chi connectivity index (χ3n) is 4.94. The molecule has 1 aliphatic heterocycles. The molecule has 2 heterocycles. The molecular weight excluding hydrogens is 352 g/mol. The van der Waals surface area contributed by atoms with Crippen molar-refractivity contribution in [2.75, 3.05) is 4.90 Å². The number of benzene rings is 2. The number of aromatic nitrogens is 2. The summed E-state index contributed by atoms with van der Waals surface area (Å²) in [4.78, 5) is 26.4. The van der Waals surface area contributed by atoms with Gasteiger partial charge in [-0.3, -0.25) is 14.5 Å². The molecule has 1 N–H and O–H groups in total. The van der Waals surface area contributed by atoms with Crippen molar-refractivity contribution in [2.24, 2.45) is 0 Å². The molecule has 2 aromatic carbocycles. The van der Waals surface area contributed by atoms with E-state index < -0.39 is 0 Å². The number of hydrogen-bond donors (Lipinski definition) is 1. The molecule has 0 unspecified atom stereocenters. The third kappa shape index (κ3) is 3.81. The van der Waals surface area contributed by atoms with Gasteiger partial charge in [0.2, 0.25) is 5.91 Å². The molecule has 6 heteroatoms. The number of nitrogens with one attached hydrogen (secondary N) is 1. The Morgan fingerprint density at radius 2 is 1.75 bits per heavy atom. The molecule has 4 rings (SSSR count). The number of rotatable bonds is 5. The van der Waals surface area contributed by atoms with Crippen LogP contribution in [0.4, 0.5) is 5.82 Å². The van der Waals surface area contributed by atoms with Crippen LogP contribution in [0.5, 0.6) is 0 Å². The maximum absolute atomic E-state index is 12.4. The zero-order chi connectivity index (χ0) is 19.5. The Morgan fingerprint density at radius 3 is 2.50 bits per heavy atom. The molecule has 0 spiro atoms. The summed E-state index contributed by atoms with van der Waals surface area (Å²) in [5.41, 5.74) is 3.83. The molecule has 28 heavy (non-hydrogen) atoms. The second-order valence-electron chi connectivity index (χ2n) is 7.01. The fraction of sp³-hybridized carbons (Fsp3) is 0.227. The first-order chi connectivity index (χ1) is 13.6. The number of carbonyl (C=O) groups excluding carboxylic acids is 2. The number of fused-ring (bicyclic) bond motifs is 1. The lowest BCUT2D eigenvalue weighted by Gasteiger charge is -2.27. The van der Waals surface area contributed by atoms with Gasteiger partial charge < -0.3 is 5.32 Å². The van der Waals surface area contributed by atoms with Gasteiger partial charge in [-0.2, -0.15) is 5.10 Å². The van der Waals surface area contributed by atoms with Gasteiger partial charge in [0.1, 0.15) is 5.82 Å². The second-order valence-corrected chi connectivity index (χ2v) is 7.01. The summed E-state index contributed by atoms with van der Waals surface area (Å²) in [5, 5.41) is 7.18. The largest absolute Gasteiger partial charge is 0.348 e. The zero-order valence-electron chi connectivity index (χ0n) is 15.8. The van der Waals surface area contributed by atoms with Crippen LogP contribution in [0.1, 0.15) is 33.5 Å². The van der Waals surface area contributed by atoms with Crippen LogP contribution in [0.25, 0.3) is 0 Å². The predicted octanol–water partition coefficient (Wildman–Crippen LogP) is 3.06. The summed E-state index contributed by atoms with van der Waals surface area (Å²) in [6.45, 7) is 3.62. The number of carbonyl (C=O) groups is 2. The van der Waals surface area contributed by atoms with Crippen LogP contribution in [0, 0.1) is 6.92 Å². The van der Waals surface area contributed by atoms with Gasteiger partial charge in [-0.25, -0.2) is 4.68 Å². The van der Waals surface area contributed by atoms with Gasteiger partial charge in [-0.15, -0.1) is 0 Å². The van der Waals surface area contributed by atoms with E-state index in [2.05, 4.69) is 10.4 Å². The number of nitrogens with zero attached hydrogens (tertiary/aromatic N) is 3. The molecule has 0 saturated carbocycles. The van der Waals surface area contributed by atoms with E-state index in [0.29, 0.717) is 31.6 Å². The van der Waals surface area contributed by atoms with E-state index in [9.17, 15) is 9.59 Å². The Hall–Kier alpha value is -3.41. The Kier molecular flexibility index (Phi) is 4.93. The van der Waals surface area contributed by atoms with Gasteiger partial charge in [0, 0.05) is 24.6 Å². The fourth-order valence-corrected chi connectivity index (χ4v) is 3.30. The summed E-state index contributed by atoms with van der Waals surface area (Å²) in [6.07, 6.45) is 2.16. The minimum absolute atomic E-state index is 0.0907. The molecule has 0 saturated heterocycles. The molecule has 3 aromatic rings. The van der Waals surface area contributed by atoms with Crippen molar-refractivity contribution in [3.05, 3.63) is 83.0 Å². The average molecular weight is 374 g/mol. The zero-order valence-corrected chi connectivity index (χ0v) is 15.8. The van der Waals surface area contributed by atoms with Crippen molar-refractivity contribution in [3.8, 4) is 0 Å². The molecule has 0 fully saturated rings. The lowest BCUT2D eigenvalue weighted by Crippen LogP contribution is -2.36. The highest BCUT2D eigenvalue weighted by Crippen LogP contribution is 2.23. The summed E-state index contributed by atoms with van der Waals surface area (Å²) < 4.78 is 1.84. The van der Waals surface area contributed by atoms with Gasteiger partial charge in [0.15, 0.2) is 0 Å². The molecule has 0 atom stereocenters. The van der Waals surface area contributed by atoms with Crippen LogP contribution in [-0.2, 0) is 24.4 Å². The van der Waals surface area contributed by atoms with E-state index in [-0.39, 0.29) is 11.8 Å². The van der Waals surface area contributed by atoms with E-state index in [1.807, 2.05) is 54.1 Å². The van der Waals surface area contributed by atoms with Crippen LogP contribution < -0.4 is 10.2 Å². The van der Waals surface area contributed by atoms with Crippen LogP contribution in [0.3, 0.4) is 0 Å². The Morgan fingerprint density at radius 1 is 1.04 bits per heavy atom. The van der Waals surface area contributed by atoms with Crippen molar-refractivity contribution in [1.82, 2.24) is 15.1 Å². The van der Waals surface area contributed by atoms with Crippen LogP contribution in [-0.4, -0.2) is 21.6 Å². The first-order valence-corrected chi connectivity index (χ1v) is 9.35. The number of hydrogen-bond acceptors (Lipinski definition) is 3. The summed E-state index contributed by atoms with van der Waals surface area (Å²) in [5.74, 6) is 0.795. The molecule has 142 valence electrons. The molecular formula is C22H22N4O2. The summed E-state index contributed by atoms with van der Waals surface area (Å²) in [7, 11) is 0. The minimum atomic E-state index is -0.112. The van der Waals surface area contributed by atoms with E-state index in [4.69, 9.17) is 0 Å². The van der Waals surface area contributed by atoms with E-state index >= 15 is 0 Å². The number of amides is 2. The molecule has 1 aromatic heterocycles. The quantitative estimate of drug-likeness (QED) is 0.746. The molecule has 0 radical (unpaired) electrons. The minimum Gasteiger partial charge on any atom is -0.348 e. The Balaban J connectivity index is 1.39. The monoisotopic (exact) mass is 374 g/mol. The maximum Gasteiger partial charge on any atom is 0.251 e. The molecule has 0 aliphatic carbocycles. The van der Waals surface area contributed by atoms with E-state index in [1.54, 1.807) is 23.2 Å². The fourth-order valence-electron chi connectivity index (χ4n) is 3.30. The number of anilines is 1. The van der Waals surface area contributed by atoms with Crippen molar-refractivity contribution in [1.29, 1.82) is 0 Å². The highest BCUT2D eigenvalue weighted by atomic mass is 16.2. The normalized spacial score (nSPS) is 13.3. The van der Waals surface area contributed by atoms with Gasteiger partial charge in [-0.05, 0) is 30.2 Å². The smallest absolute Gasteiger partial charge is 0.251 e. The van der Waals surface area contributed by atoms with Gasteiger partial charge in [-0.1, -0.05) is 42.0 Å². The molecule has 6 nitrogen and oxygen atoms in total. The molecule has 2 amide bonds. The van der Waals surface area contributed by atoms with Crippen molar-refractivity contribution < 1.29 is 9.59 Å². The highest BCUT2D eigenvalue weighted by Gasteiger charge is 2.24. The molecule has 0 bridgehead atoms. The van der Waals surface area contributed by atoms with Gasteiger partial charge >= 0.3 is 0 Å². The van der Waals surface area contributed by atoms with Crippen molar-refractivity contribution in [2.45, 2.75) is 33.0 Å². The standard InChI is InChI=1S/C22H22N4O2/c1-16-2-4-17(5-3-16)14-23-22(28)19-8-6-18(7-9-19)15-25-20-10-12-24-26(20)13-11-21(25)27/h2-10,12H,11,13-15H2,1H3,(H,23,28). The SMILES string of the molecule is Cc1ccc(CNC(=O)c2ccc(CN3C(=O)CCn4nccc43)cc2)cc1. The first-order valence-electron chi connectivity index (χ1n) is 9.35. The topological polar surface area (TPSA) is 67.2 Å².